The number of hydrogen-bond donors (Lipinski definition) is 1. The molecule has 0 saturated heterocycles. The second kappa shape index (κ2) is 4.22. The third-order valence-corrected chi connectivity index (χ3v) is 2.37. The Morgan fingerprint density at radius 2 is 1.76 bits per heavy atom. The van der Waals surface area contributed by atoms with Crippen molar-refractivity contribution in [3.63, 3.8) is 0 Å². The SMILES string of the molecule is CC(C)(N)c1nccc(-c2ccc(F)cc2)n1. The van der Waals surface area contributed by atoms with E-state index in [2.05, 4.69) is 9.97 Å². The van der Waals surface area contributed by atoms with Crippen LogP contribution < -0.4 is 5.73 Å². The molecule has 0 aliphatic rings. The van der Waals surface area contributed by atoms with Crippen molar-refractivity contribution in [2.24, 2.45) is 5.73 Å². The molecule has 1 aromatic carbocycles. The van der Waals surface area contributed by atoms with Crippen LogP contribution in [0.25, 0.3) is 11.3 Å². The minimum absolute atomic E-state index is 0.262. The van der Waals surface area contributed by atoms with Crippen LogP contribution in [0.1, 0.15) is 19.7 Å². The monoisotopic (exact) mass is 231 g/mol. The molecule has 0 bridgehead atoms. The van der Waals surface area contributed by atoms with E-state index in [0.29, 0.717) is 5.82 Å². The fraction of sp³-hybridized carbons (Fsp3) is 0.231. The maximum atomic E-state index is 12.8. The second-order valence-electron chi connectivity index (χ2n) is 4.49. The van der Waals surface area contributed by atoms with Crippen molar-refractivity contribution in [1.82, 2.24) is 9.97 Å². The van der Waals surface area contributed by atoms with Gasteiger partial charge in [0, 0.05) is 11.8 Å². The van der Waals surface area contributed by atoms with E-state index in [1.54, 1.807) is 24.4 Å². The quantitative estimate of drug-likeness (QED) is 0.863. The molecular weight excluding hydrogens is 217 g/mol. The van der Waals surface area contributed by atoms with Crippen molar-refractivity contribution in [3.05, 3.63) is 48.2 Å². The van der Waals surface area contributed by atoms with Gasteiger partial charge in [-0.25, -0.2) is 14.4 Å². The molecule has 0 aliphatic carbocycles. The highest BCUT2D eigenvalue weighted by Gasteiger charge is 2.18. The minimum Gasteiger partial charge on any atom is -0.319 e. The highest BCUT2D eigenvalue weighted by molar-refractivity contribution is 5.58. The first-order valence-electron chi connectivity index (χ1n) is 5.35. The molecule has 0 saturated carbocycles. The summed E-state index contributed by atoms with van der Waals surface area (Å²) < 4.78 is 12.8. The number of halogens is 1. The fourth-order valence-corrected chi connectivity index (χ4v) is 1.45. The zero-order chi connectivity index (χ0) is 12.5. The molecule has 0 amide bonds. The first-order chi connectivity index (χ1) is 7.97. The molecule has 3 nitrogen and oxygen atoms in total. The Morgan fingerprint density at radius 3 is 2.35 bits per heavy atom. The molecule has 1 aromatic heterocycles. The molecule has 4 heteroatoms. The van der Waals surface area contributed by atoms with Crippen molar-refractivity contribution >= 4 is 0 Å². The summed E-state index contributed by atoms with van der Waals surface area (Å²) in [6.07, 6.45) is 1.66. The highest BCUT2D eigenvalue weighted by Crippen LogP contribution is 2.19. The van der Waals surface area contributed by atoms with Crippen LogP contribution in [0.5, 0.6) is 0 Å². The van der Waals surface area contributed by atoms with Gasteiger partial charge in [-0.3, -0.25) is 0 Å². The molecule has 2 aromatic rings. The van der Waals surface area contributed by atoms with E-state index in [1.807, 2.05) is 13.8 Å². The van der Waals surface area contributed by atoms with Crippen LogP contribution in [0.4, 0.5) is 4.39 Å². The summed E-state index contributed by atoms with van der Waals surface area (Å²) in [6.45, 7) is 3.69. The average Bonchev–Trinajstić information content (AvgIpc) is 2.29. The Kier molecular flexibility index (Phi) is 2.90. The average molecular weight is 231 g/mol. The lowest BCUT2D eigenvalue weighted by Gasteiger charge is -2.16. The Bertz CT molecular complexity index is 515. The van der Waals surface area contributed by atoms with Gasteiger partial charge >= 0.3 is 0 Å². The van der Waals surface area contributed by atoms with E-state index in [0.717, 1.165) is 11.3 Å². The maximum absolute atomic E-state index is 12.8. The predicted octanol–water partition coefficient (Wildman–Crippen LogP) is 2.48. The molecular formula is C13H14FN3. The number of rotatable bonds is 2. The van der Waals surface area contributed by atoms with Crippen LogP contribution in [0.15, 0.2) is 36.5 Å². The third kappa shape index (κ3) is 2.65. The molecule has 0 fully saturated rings. The van der Waals surface area contributed by atoms with E-state index in [1.165, 1.54) is 12.1 Å². The summed E-state index contributed by atoms with van der Waals surface area (Å²) in [5.41, 5.74) is 6.95. The van der Waals surface area contributed by atoms with Crippen LogP contribution in [-0.2, 0) is 5.54 Å². The molecule has 2 N–H and O–H groups in total. The zero-order valence-corrected chi connectivity index (χ0v) is 9.81. The van der Waals surface area contributed by atoms with E-state index in [4.69, 9.17) is 5.73 Å². The molecule has 0 aliphatic heterocycles. The highest BCUT2D eigenvalue weighted by atomic mass is 19.1. The zero-order valence-electron chi connectivity index (χ0n) is 9.81. The molecule has 2 rings (SSSR count). The summed E-state index contributed by atoms with van der Waals surface area (Å²) in [5.74, 6) is 0.307. The molecule has 0 spiro atoms. The van der Waals surface area contributed by atoms with Crippen molar-refractivity contribution < 1.29 is 4.39 Å². The van der Waals surface area contributed by atoms with Crippen molar-refractivity contribution in [2.45, 2.75) is 19.4 Å². The molecule has 17 heavy (non-hydrogen) atoms. The lowest BCUT2D eigenvalue weighted by atomic mass is 10.1. The Balaban J connectivity index is 2.43. The van der Waals surface area contributed by atoms with Gasteiger partial charge in [-0.1, -0.05) is 0 Å². The smallest absolute Gasteiger partial charge is 0.148 e. The largest absolute Gasteiger partial charge is 0.319 e. The minimum atomic E-state index is -0.587. The van der Waals surface area contributed by atoms with Crippen molar-refractivity contribution in [1.29, 1.82) is 0 Å². The van der Waals surface area contributed by atoms with E-state index >= 15 is 0 Å². The number of benzene rings is 1. The van der Waals surface area contributed by atoms with Gasteiger partial charge in [0.2, 0.25) is 0 Å². The summed E-state index contributed by atoms with van der Waals surface area (Å²) in [6, 6.07) is 7.97. The van der Waals surface area contributed by atoms with Gasteiger partial charge in [0.15, 0.2) is 0 Å². The molecule has 1 heterocycles. The summed E-state index contributed by atoms with van der Waals surface area (Å²) in [7, 11) is 0. The Morgan fingerprint density at radius 1 is 1.12 bits per heavy atom. The first kappa shape index (κ1) is 11.7. The maximum Gasteiger partial charge on any atom is 0.148 e. The van der Waals surface area contributed by atoms with Gasteiger partial charge in [-0.2, -0.15) is 0 Å². The van der Waals surface area contributed by atoms with Crippen LogP contribution in [0.3, 0.4) is 0 Å². The lowest BCUT2D eigenvalue weighted by molar-refractivity contribution is 0.514. The molecule has 0 radical (unpaired) electrons. The van der Waals surface area contributed by atoms with E-state index in [-0.39, 0.29) is 5.82 Å². The third-order valence-electron chi connectivity index (χ3n) is 2.37. The van der Waals surface area contributed by atoms with Crippen molar-refractivity contribution in [2.75, 3.05) is 0 Å². The van der Waals surface area contributed by atoms with Crippen LogP contribution >= 0.6 is 0 Å². The standard InChI is InChI=1S/C13H14FN3/c1-13(2,15)12-16-8-7-11(17-12)9-3-5-10(14)6-4-9/h3-8H,15H2,1-2H3. The van der Waals surface area contributed by atoms with Gasteiger partial charge in [0.05, 0.1) is 11.2 Å². The van der Waals surface area contributed by atoms with Crippen LogP contribution in [0.2, 0.25) is 0 Å². The second-order valence-corrected chi connectivity index (χ2v) is 4.49. The van der Waals surface area contributed by atoms with Gasteiger partial charge in [-0.15, -0.1) is 0 Å². The van der Waals surface area contributed by atoms with Crippen LogP contribution in [-0.4, -0.2) is 9.97 Å². The van der Waals surface area contributed by atoms with Gasteiger partial charge in [0.25, 0.3) is 0 Å². The van der Waals surface area contributed by atoms with Gasteiger partial charge in [0.1, 0.15) is 11.6 Å². The topological polar surface area (TPSA) is 51.8 Å². The summed E-state index contributed by atoms with van der Waals surface area (Å²) in [5, 5.41) is 0. The lowest BCUT2D eigenvalue weighted by Crippen LogP contribution is -2.31. The number of nitrogens with two attached hydrogens (primary N) is 1. The molecule has 88 valence electrons. The predicted molar refractivity (Wildman–Crippen MR) is 64.6 cm³/mol. The first-order valence-corrected chi connectivity index (χ1v) is 5.35. The number of hydrogen-bond acceptors (Lipinski definition) is 3. The van der Waals surface area contributed by atoms with Crippen molar-refractivity contribution in [3.8, 4) is 11.3 Å². The normalized spacial score (nSPS) is 11.5. The van der Waals surface area contributed by atoms with Gasteiger partial charge in [-0.05, 0) is 44.2 Å². The van der Waals surface area contributed by atoms with Gasteiger partial charge < -0.3 is 5.73 Å². The summed E-state index contributed by atoms with van der Waals surface area (Å²) >= 11 is 0. The number of nitrogens with zero attached hydrogens (tertiary/aromatic N) is 2. The number of aromatic nitrogens is 2. The molecule has 0 atom stereocenters. The molecule has 0 unspecified atom stereocenters. The van der Waals surface area contributed by atoms with Crippen LogP contribution in [0, 0.1) is 5.82 Å². The summed E-state index contributed by atoms with van der Waals surface area (Å²) in [4.78, 5) is 8.53. The van der Waals surface area contributed by atoms with E-state index < -0.39 is 5.54 Å². The Labute approximate surface area is 99.5 Å². The van der Waals surface area contributed by atoms with E-state index in [9.17, 15) is 4.39 Å². The fourth-order valence-electron chi connectivity index (χ4n) is 1.45. The Hall–Kier alpha value is -1.81.